The van der Waals surface area contributed by atoms with E-state index in [-0.39, 0.29) is 25.1 Å². The second kappa shape index (κ2) is 8.22. The van der Waals surface area contributed by atoms with E-state index < -0.39 is 29.3 Å². The second-order valence-electron chi connectivity index (χ2n) is 6.59. The molecule has 1 rings (SSSR count). The molecule has 0 bridgehead atoms. The SMILES string of the molecule is CN(CC(=O)NCCc1ccccc1C(F)(F)F)C(=O)OC(C)(C)C. The van der Waals surface area contributed by atoms with Gasteiger partial charge in [0.25, 0.3) is 0 Å². The number of halogens is 3. The Morgan fingerprint density at radius 2 is 1.76 bits per heavy atom. The topological polar surface area (TPSA) is 58.6 Å². The van der Waals surface area contributed by atoms with Crippen LogP contribution in [0.4, 0.5) is 18.0 Å². The van der Waals surface area contributed by atoms with Gasteiger partial charge in [0.2, 0.25) is 5.91 Å². The summed E-state index contributed by atoms with van der Waals surface area (Å²) >= 11 is 0. The molecular weight excluding hydrogens is 337 g/mol. The number of rotatable bonds is 5. The molecule has 1 aromatic rings. The maximum Gasteiger partial charge on any atom is 0.416 e. The molecule has 5 nitrogen and oxygen atoms in total. The van der Waals surface area contributed by atoms with Crippen molar-refractivity contribution in [1.29, 1.82) is 0 Å². The van der Waals surface area contributed by atoms with Crippen molar-refractivity contribution in [2.75, 3.05) is 20.1 Å². The van der Waals surface area contributed by atoms with Gasteiger partial charge in [0.15, 0.2) is 0 Å². The first-order chi connectivity index (χ1) is 11.4. The number of nitrogens with zero attached hydrogens (tertiary/aromatic N) is 1. The van der Waals surface area contributed by atoms with Crippen molar-refractivity contribution in [3.05, 3.63) is 35.4 Å². The van der Waals surface area contributed by atoms with Crippen molar-refractivity contribution in [1.82, 2.24) is 10.2 Å². The summed E-state index contributed by atoms with van der Waals surface area (Å²) < 4.78 is 43.8. The highest BCUT2D eigenvalue weighted by Gasteiger charge is 2.32. The van der Waals surface area contributed by atoms with E-state index in [4.69, 9.17) is 4.74 Å². The highest BCUT2D eigenvalue weighted by Crippen LogP contribution is 2.31. The quantitative estimate of drug-likeness (QED) is 0.877. The number of amides is 2. The predicted molar refractivity (Wildman–Crippen MR) is 87.0 cm³/mol. The van der Waals surface area contributed by atoms with Gasteiger partial charge < -0.3 is 15.0 Å². The Bertz CT molecular complexity index is 610. The van der Waals surface area contributed by atoms with Crippen LogP contribution in [-0.4, -0.2) is 42.6 Å². The van der Waals surface area contributed by atoms with Crippen molar-refractivity contribution in [3.8, 4) is 0 Å². The Morgan fingerprint density at radius 3 is 2.32 bits per heavy atom. The summed E-state index contributed by atoms with van der Waals surface area (Å²) in [5.41, 5.74) is -1.28. The number of ether oxygens (including phenoxy) is 1. The van der Waals surface area contributed by atoms with Crippen LogP contribution in [0.1, 0.15) is 31.9 Å². The van der Waals surface area contributed by atoms with Gasteiger partial charge in [0, 0.05) is 13.6 Å². The Kier molecular flexibility index (Phi) is 6.84. The van der Waals surface area contributed by atoms with Gasteiger partial charge in [-0.15, -0.1) is 0 Å². The molecule has 1 N–H and O–H groups in total. The van der Waals surface area contributed by atoms with E-state index in [1.165, 1.54) is 25.2 Å². The van der Waals surface area contributed by atoms with Crippen molar-refractivity contribution >= 4 is 12.0 Å². The molecule has 0 spiro atoms. The molecule has 0 unspecified atom stereocenters. The minimum atomic E-state index is -4.43. The molecule has 0 saturated carbocycles. The fraction of sp³-hybridized carbons (Fsp3) is 0.529. The first-order valence-corrected chi connectivity index (χ1v) is 7.76. The van der Waals surface area contributed by atoms with E-state index in [1.54, 1.807) is 20.8 Å². The lowest BCUT2D eigenvalue weighted by Crippen LogP contribution is -2.41. The van der Waals surface area contributed by atoms with Crippen LogP contribution in [0.25, 0.3) is 0 Å². The lowest BCUT2D eigenvalue weighted by Gasteiger charge is -2.24. The van der Waals surface area contributed by atoms with Crippen LogP contribution in [0.15, 0.2) is 24.3 Å². The normalized spacial score (nSPS) is 11.8. The molecule has 0 fully saturated rings. The number of benzene rings is 1. The highest BCUT2D eigenvalue weighted by atomic mass is 19.4. The molecule has 0 aliphatic carbocycles. The van der Waals surface area contributed by atoms with Crippen LogP contribution in [0.3, 0.4) is 0 Å². The summed E-state index contributed by atoms with van der Waals surface area (Å²) in [7, 11) is 1.41. The van der Waals surface area contributed by atoms with Gasteiger partial charge in [-0.3, -0.25) is 4.79 Å². The molecule has 0 heterocycles. The zero-order valence-electron chi connectivity index (χ0n) is 14.7. The third-order valence-corrected chi connectivity index (χ3v) is 3.13. The van der Waals surface area contributed by atoms with Crippen molar-refractivity contribution in [2.24, 2.45) is 0 Å². The number of hydrogen-bond acceptors (Lipinski definition) is 3. The minimum Gasteiger partial charge on any atom is -0.444 e. The summed E-state index contributed by atoms with van der Waals surface area (Å²) in [6, 6.07) is 5.22. The first kappa shape index (κ1) is 20.8. The van der Waals surface area contributed by atoms with E-state index >= 15 is 0 Å². The fourth-order valence-electron chi connectivity index (χ4n) is 2.03. The number of alkyl halides is 3. The standard InChI is InChI=1S/C17H23F3N2O3/c1-16(2,3)25-15(24)22(4)11-14(23)21-10-9-12-7-5-6-8-13(12)17(18,19)20/h5-8H,9-11H2,1-4H3,(H,21,23). The summed E-state index contributed by atoms with van der Waals surface area (Å²) in [6.45, 7) is 4.91. The summed E-state index contributed by atoms with van der Waals surface area (Å²) in [6.07, 6.45) is -5.04. The molecule has 0 aliphatic rings. The lowest BCUT2D eigenvalue weighted by atomic mass is 10.0. The van der Waals surface area contributed by atoms with Gasteiger partial charge in [-0.2, -0.15) is 13.2 Å². The summed E-state index contributed by atoms with van der Waals surface area (Å²) in [5, 5.41) is 2.50. The van der Waals surface area contributed by atoms with Gasteiger partial charge in [0.1, 0.15) is 12.1 Å². The van der Waals surface area contributed by atoms with Crippen molar-refractivity contribution in [3.63, 3.8) is 0 Å². The Balaban J connectivity index is 2.50. The minimum absolute atomic E-state index is 0.0358. The van der Waals surface area contributed by atoms with Crippen LogP contribution in [0, 0.1) is 0 Å². The summed E-state index contributed by atoms with van der Waals surface area (Å²) in [5.74, 6) is -0.474. The Labute approximate surface area is 145 Å². The molecule has 2 amide bonds. The molecule has 0 radical (unpaired) electrons. The lowest BCUT2D eigenvalue weighted by molar-refractivity contribution is -0.138. The van der Waals surface area contributed by atoms with E-state index in [0.717, 1.165) is 11.0 Å². The van der Waals surface area contributed by atoms with Crippen molar-refractivity contribution in [2.45, 2.75) is 39.0 Å². The van der Waals surface area contributed by atoms with E-state index in [2.05, 4.69) is 5.32 Å². The highest BCUT2D eigenvalue weighted by molar-refractivity contribution is 5.82. The van der Waals surface area contributed by atoms with E-state index in [1.807, 2.05) is 0 Å². The van der Waals surface area contributed by atoms with Crippen LogP contribution in [-0.2, 0) is 22.1 Å². The first-order valence-electron chi connectivity index (χ1n) is 7.76. The zero-order valence-corrected chi connectivity index (χ0v) is 14.7. The zero-order chi connectivity index (χ0) is 19.3. The molecule has 0 saturated heterocycles. The number of carbonyl (C=O) groups excluding carboxylic acids is 2. The Hall–Kier alpha value is -2.25. The summed E-state index contributed by atoms with van der Waals surface area (Å²) in [4.78, 5) is 24.7. The van der Waals surface area contributed by atoms with Crippen LogP contribution < -0.4 is 5.32 Å². The van der Waals surface area contributed by atoms with Crippen LogP contribution in [0.5, 0.6) is 0 Å². The molecule has 0 aromatic heterocycles. The van der Waals surface area contributed by atoms with Gasteiger partial charge >= 0.3 is 12.3 Å². The molecule has 25 heavy (non-hydrogen) atoms. The largest absolute Gasteiger partial charge is 0.444 e. The number of carbonyl (C=O) groups is 2. The van der Waals surface area contributed by atoms with Gasteiger partial charge in [-0.1, -0.05) is 18.2 Å². The number of nitrogens with one attached hydrogen (secondary N) is 1. The van der Waals surface area contributed by atoms with E-state index in [0.29, 0.717) is 0 Å². The maximum atomic E-state index is 12.9. The van der Waals surface area contributed by atoms with E-state index in [9.17, 15) is 22.8 Å². The maximum absolute atomic E-state index is 12.9. The average molecular weight is 360 g/mol. The third-order valence-electron chi connectivity index (χ3n) is 3.13. The van der Waals surface area contributed by atoms with Crippen LogP contribution >= 0.6 is 0 Å². The van der Waals surface area contributed by atoms with Crippen molar-refractivity contribution < 1.29 is 27.5 Å². The predicted octanol–water partition coefficient (Wildman–Crippen LogP) is 3.23. The third kappa shape index (κ3) is 7.45. The molecule has 0 aliphatic heterocycles. The Morgan fingerprint density at radius 1 is 1.16 bits per heavy atom. The molecule has 1 aromatic carbocycles. The van der Waals surface area contributed by atoms with Crippen LogP contribution in [0.2, 0.25) is 0 Å². The smallest absolute Gasteiger partial charge is 0.416 e. The van der Waals surface area contributed by atoms with Gasteiger partial charge in [0.05, 0.1) is 5.56 Å². The average Bonchev–Trinajstić information content (AvgIpc) is 2.44. The number of hydrogen-bond donors (Lipinski definition) is 1. The second-order valence-corrected chi connectivity index (χ2v) is 6.59. The molecule has 0 atom stereocenters. The van der Waals surface area contributed by atoms with Gasteiger partial charge in [-0.25, -0.2) is 4.79 Å². The monoisotopic (exact) mass is 360 g/mol. The number of likely N-dealkylation sites (N-methyl/N-ethyl adjacent to an activating group) is 1. The fourth-order valence-corrected chi connectivity index (χ4v) is 2.03. The molecule has 140 valence electrons. The molecular formula is C17H23F3N2O3. The molecule has 8 heteroatoms. The van der Waals surface area contributed by atoms with Gasteiger partial charge in [-0.05, 0) is 38.8 Å².